The second kappa shape index (κ2) is 9.77. The van der Waals surface area contributed by atoms with Gasteiger partial charge >= 0.3 is 0 Å². The molecule has 1 aromatic heterocycles. The van der Waals surface area contributed by atoms with Gasteiger partial charge in [0, 0.05) is 42.8 Å². The number of fused-ring (bicyclic) bond motifs is 1. The highest BCUT2D eigenvalue weighted by Gasteiger charge is 2.35. The molecular weight excluding hydrogens is 602 g/mol. The zero-order chi connectivity index (χ0) is 23.8. The molecule has 0 unspecified atom stereocenters. The van der Waals surface area contributed by atoms with Crippen LogP contribution in [-0.4, -0.2) is 20.6 Å². The van der Waals surface area contributed by atoms with Crippen molar-refractivity contribution in [2.24, 2.45) is 0 Å². The molecule has 0 atom stereocenters. The van der Waals surface area contributed by atoms with Crippen molar-refractivity contribution in [3.63, 3.8) is 0 Å². The smallest absolute Gasteiger partial charge is 0.293 e. The predicted octanol–water partition coefficient (Wildman–Crippen LogP) is 7.84. The van der Waals surface area contributed by atoms with E-state index in [2.05, 4.69) is 27.2 Å². The van der Waals surface area contributed by atoms with Gasteiger partial charge in [0.1, 0.15) is 0 Å². The van der Waals surface area contributed by atoms with E-state index < -0.39 is 0 Å². The second-order valence-electron chi connectivity index (χ2n) is 7.86. The van der Waals surface area contributed by atoms with E-state index in [4.69, 9.17) is 23.2 Å². The highest BCUT2D eigenvalue weighted by molar-refractivity contribution is 14.1. The van der Waals surface area contributed by atoms with Gasteiger partial charge in [0.15, 0.2) is 0 Å². The van der Waals surface area contributed by atoms with Gasteiger partial charge in [-0.1, -0.05) is 59.6 Å². The van der Waals surface area contributed by atoms with Crippen LogP contribution in [0.2, 0.25) is 10.0 Å². The summed E-state index contributed by atoms with van der Waals surface area (Å²) in [6.07, 6.45) is 3.80. The molecule has 1 fully saturated rings. The number of amides is 2. The number of rotatable bonds is 5. The molecule has 1 saturated heterocycles. The Hall–Kier alpha value is -2.26. The summed E-state index contributed by atoms with van der Waals surface area (Å²) < 4.78 is 3.19. The van der Waals surface area contributed by atoms with Gasteiger partial charge < -0.3 is 4.57 Å². The molecule has 34 heavy (non-hydrogen) atoms. The first-order valence-electron chi connectivity index (χ1n) is 10.4. The van der Waals surface area contributed by atoms with Crippen LogP contribution in [0.25, 0.3) is 17.0 Å². The highest BCUT2D eigenvalue weighted by atomic mass is 127. The Morgan fingerprint density at radius 1 is 0.941 bits per heavy atom. The van der Waals surface area contributed by atoms with Gasteiger partial charge in [0.25, 0.3) is 11.1 Å². The van der Waals surface area contributed by atoms with Crippen LogP contribution in [0.15, 0.2) is 77.8 Å². The molecule has 170 valence electrons. The maximum absolute atomic E-state index is 13.1. The van der Waals surface area contributed by atoms with Crippen molar-refractivity contribution in [2.45, 2.75) is 13.1 Å². The van der Waals surface area contributed by atoms with Gasteiger partial charge in [-0.25, -0.2) is 0 Å². The number of nitrogens with zero attached hydrogens (tertiary/aromatic N) is 2. The van der Waals surface area contributed by atoms with E-state index in [-0.39, 0.29) is 17.7 Å². The van der Waals surface area contributed by atoms with Crippen LogP contribution < -0.4 is 0 Å². The van der Waals surface area contributed by atoms with E-state index in [1.54, 1.807) is 12.1 Å². The SMILES string of the molecule is O=C1S/C(=C/c2cn(Cc3ccc(Cl)cc3Cl)c3ccccc23)C(=O)N1Cc1ccc(I)cc1. The molecular formula is C26H17Cl2IN2O2S. The molecule has 0 radical (unpaired) electrons. The Morgan fingerprint density at radius 2 is 1.71 bits per heavy atom. The monoisotopic (exact) mass is 618 g/mol. The van der Waals surface area contributed by atoms with Crippen molar-refractivity contribution < 1.29 is 9.59 Å². The number of aromatic nitrogens is 1. The maximum atomic E-state index is 13.1. The van der Waals surface area contributed by atoms with Crippen molar-refractivity contribution in [2.75, 3.05) is 0 Å². The predicted molar refractivity (Wildman–Crippen MR) is 148 cm³/mol. The Bertz CT molecular complexity index is 1460. The summed E-state index contributed by atoms with van der Waals surface area (Å²) in [6, 6.07) is 21.2. The number of hydrogen-bond donors (Lipinski definition) is 0. The molecule has 1 aliphatic heterocycles. The Morgan fingerprint density at radius 3 is 2.47 bits per heavy atom. The summed E-state index contributed by atoms with van der Waals surface area (Å²) in [6.45, 7) is 0.814. The molecule has 2 amide bonds. The summed E-state index contributed by atoms with van der Waals surface area (Å²) in [4.78, 5) is 27.4. The topological polar surface area (TPSA) is 42.3 Å². The molecule has 4 aromatic rings. The molecule has 1 aliphatic rings. The van der Waals surface area contributed by atoms with Crippen LogP contribution in [0.5, 0.6) is 0 Å². The summed E-state index contributed by atoms with van der Waals surface area (Å²) in [7, 11) is 0. The second-order valence-corrected chi connectivity index (χ2v) is 10.9. The first-order valence-corrected chi connectivity index (χ1v) is 13.1. The van der Waals surface area contributed by atoms with Crippen LogP contribution in [0.4, 0.5) is 4.79 Å². The number of para-hydroxylation sites is 1. The number of thioether (sulfide) groups is 1. The lowest BCUT2D eigenvalue weighted by Crippen LogP contribution is -2.27. The number of halogens is 3. The zero-order valence-corrected chi connectivity index (χ0v) is 22.2. The van der Waals surface area contributed by atoms with E-state index in [1.807, 2.05) is 66.9 Å². The summed E-state index contributed by atoms with van der Waals surface area (Å²) >= 11 is 15.6. The molecule has 0 aliphatic carbocycles. The van der Waals surface area contributed by atoms with Crippen LogP contribution in [0.1, 0.15) is 16.7 Å². The van der Waals surface area contributed by atoms with Crippen LogP contribution >= 0.6 is 57.6 Å². The highest BCUT2D eigenvalue weighted by Crippen LogP contribution is 2.35. The molecule has 0 saturated carbocycles. The van der Waals surface area contributed by atoms with Gasteiger partial charge in [-0.3, -0.25) is 14.5 Å². The maximum Gasteiger partial charge on any atom is 0.293 e. The Balaban J connectivity index is 1.46. The molecule has 3 aromatic carbocycles. The average molecular weight is 619 g/mol. The lowest BCUT2D eigenvalue weighted by molar-refractivity contribution is -0.123. The number of carbonyl (C=O) groups is 2. The number of imide groups is 1. The molecule has 2 heterocycles. The van der Waals surface area contributed by atoms with Crippen molar-refractivity contribution in [1.82, 2.24) is 9.47 Å². The molecule has 0 bridgehead atoms. The third-order valence-electron chi connectivity index (χ3n) is 5.59. The minimum absolute atomic E-state index is 0.258. The number of benzene rings is 3. The van der Waals surface area contributed by atoms with E-state index in [9.17, 15) is 9.59 Å². The lowest BCUT2D eigenvalue weighted by atomic mass is 10.1. The van der Waals surface area contributed by atoms with Gasteiger partial charge in [-0.15, -0.1) is 0 Å². The quantitative estimate of drug-likeness (QED) is 0.169. The standard InChI is InChI=1S/C26H17Cl2IN2O2S/c27-19-8-7-17(22(28)12-19)14-30-15-18(21-3-1-2-4-23(21)30)11-24-25(32)31(26(33)34-24)13-16-5-9-20(29)10-6-16/h1-12,15H,13-14H2/b24-11+. The largest absolute Gasteiger partial charge is 0.342 e. The minimum Gasteiger partial charge on any atom is -0.342 e. The van der Waals surface area contributed by atoms with Crippen molar-refractivity contribution >= 4 is 85.7 Å². The van der Waals surface area contributed by atoms with Crippen LogP contribution in [0.3, 0.4) is 0 Å². The zero-order valence-electron chi connectivity index (χ0n) is 17.7. The molecule has 0 N–H and O–H groups in total. The fraction of sp³-hybridized carbons (Fsp3) is 0.0769. The lowest BCUT2D eigenvalue weighted by Gasteiger charge is -2.12. The van der Waals surface area contributed by atoms with Crippen LogP contribution in [0, 0.1) is 3.57 Å². The first-order chi connectivity index (χ1) is 16.4. The van der Waals surface area contributed by atoms with E-state index in [0.29, 0.717) is 21.5 Å². The minimum atomic E-state index is -0.272. The van der Waals surface area contributed by atoms with E-state index in [1.165, 1.54) is 4.90 Å². The molecule has 0 spiro atoms. The van der Waals surface area contributed by atoms with Crippen molar-refractivity contribution in [1.29, 1.82) is 0 Å². The number of hydrogen-bond acceptors (Lipinski definition) is 3. The molecule has 5 rings (SSSR count). The summed E-state index contributed by atoms with van der Waals surface area (Å²) in [5, 5.41) is 1.93. The van der Waals surface area contributed by atoms with E-state index in [0.717, 1.165) is 42.9 Å². The Labute approximate surface area is 224 Å². The van der Waals surface area contributed by atoms with E-state index >= 15 is 0 Å². The molecule has 4 nitrogen and oxygen atoms in total. The number of carbonyl (C=O) groups excluding carboxylic acids is 2. The van der Waals surface area contributed by atoms with Gasteiger partial charge in [-0.2, -0.15) is 0 Å². The van der Waals surface area contributed by atoms with Gasteiger partial charge in [0.05, 0.1) is 11.4 Å². The van der Waals surface area contributed by atoms with Gasteiger partial charge in [0.2, 0.25) is 0 Å². The molecule has 8 heteroatoms. The third kappa shape index (κ3) is 4.77. The average Bonchev–Trinajstić information content (AvgIpc) is 3.29. The third-order valence-corrected chi connectivity index (χ3v) is 7.80. The Kier molecular flexibility index (Phi) is 6.75. The van der Waals surface area contributed by atoms with Crippen molar-refractivity contribution in [3.05, 3.63) is 108 Å². The fourth-order valence-electron chi connectivity index (χ4n) is 3.90. The van der Waals surface area contributed by atoms with Gasteiger partial charge in [-0.05, 0) is 81.9 Å². The van der Waals surface area contributed by atoms with Crippen molar-refractivity contribution in [3.8, 4) is 0 Å². The fourth-order valence-corrected chi connectivity index (χ4v) is 5.56. The normalized spacial score (nSPS) is 15.1. The first kappa shape index (κ1) is 23.5. The summed E-state index contributed by atoms with van der Waals surface area (Å²) in [5.41, 5.74) is 3.75. The summed E-state index contributed by atoms with van der Waals surface area (Å²) in [5.74, 6) is -0.272. The van der Waals surface area contributed by atoms with Crippen LogP contribution in [-0.2, 0) is 17.9 Å².